The quantitative estimate of drug-likeness (QED) is 0.285. The molecule has 4 rings (SSSR count). The van der Waals surface area contributed by atoms with Gasteiger partial charge in [0.15, 0.2) is 11.5 Å². The number of aromatic nitrogens is 1. The number of halogens is 1. The van der Waals surface area contributed by atoms with Crippen LogP contribution in [-0.4, -0.2) is 18.1 Å². The summed E-state index contributed by atoms with van der Waals surface area (Å²) >= 11 is 6.03. The zero-order valence-corrected chi connectivity index (χ0v) is 17.7. The molecule has 0 bridgehead atoms. The van der Waals surface area contributed by atoms with E-state index in [0.717, 1.165) is 27.6 Å². The van der Waals surface area contributed by atoms with Gasteiger partial charge in [0.2, 0.25) is 0 Å². The molecule has 0 radical (unpaired) electrons. The van der Waals surface area contributed by atoms with Gasteiger partial charge in [-0.1, -0.05) is 47.5 Å². The van der Waals surface area contributed by atoms with Gasteiger partial charge in [-0.25, -0.2) is 9.78 Å². The zero-order valence-electron chi connectivity index (χ0n) is 16.9. The number of benzene rings is 3. The summed E-state index contributed by atoms with van der Waals surface area (Å²) in [6.07, 6.45) is 0. The van der Waals surface area contributed by atoms with Crippen LogP contribution >= 0.6 is 11.6 Å². The van der Waals surface area contributed by atoms with Crippen LogP contribution in [0.4, 0.5) is 0 Å². The molecular formula is C25H20ClNO3. The van der Waals surface area contributed by atoms with Gasteiger partial charge in [0.25, 0.3) is 0 Å². The molecule has 0 N–H and O–H groups in total. The van der Waals surface area contributed by atoms with Gasteiger partial charge < -0.3 is 9.47 Å². The number of fused-ring (bicyclic) bond motifs is 1. The van der Waals surface area contributed by atoms with Gasteiger partial charge in [-0.15, -0.1) is 0 Å². The fourth-order valence-electron chi connectivity index (χ4n) is 3.48. The lowest BCUT2D eigenvalue weighted by Gasteiger charge is -2.13. The Kier molecular flexibility index (Phi) is 5.42. The first-order valence-electron chi connectivity index (χ1n) is 9.49. The third-order valence-corrected chi connectivity index (χ3v) is 5.13. The Morgan fingerprint density at radius 2 is 1.63 bits per heavy atom. The Bertz CT molecular complexity index is 1250. The molecule has 0 fully saturated rings. The van der Waals surface area contributed by atoms with Gasteiger partial charge >= 0.3 is 5.97 Å². The molecule has 30 heavy (non-hydrogen) atoms. The van der Waals surface area contributed by atoms with Crippen molar-refractivity contribution >= 4 is 28.5 Å². The Balaban J connectivity index is 1.88. The highest BCUT2D eigenvalue weighted by Crippen LogP contribution is 2.31. The number of pyridine rings is 1. The molecule has 1 aromatic heterocycles. The summed E-state index contributed by atoms with van der Waals surface area (Å²) in [6, 6.07) is 20.2. The number of aryl methyl sites for hydroxylation is 2. The van der Waals surface area contributed by atoms with Gasteiger partial charge in [-0.05, 0) is 55.8 Å². The van der Waals surface area contributed by atoms with Crippen LogP contribution in [0.3, 0.4) is 0 Å². The molecule has 1 heterocycles. The lowest BCUT2D eigenvalue weighted by Crippen LogP contribution is -2.11. The van der Waals surface area contributed by atoms with Crippen molar-refractivity contribution in [3.05, 3.63) is 88.4 Å². The van der Waals surface area contributed by atoms with E-state index in [-0.39, 0.29) is 0 Å². The number of ether oxygens (including phenoxy) is 2. The molecule has 0 unspecified atom stereocenters. The molecule has 150 valence electrons. The van der Waals surface area contributed by atoms with E-state index in [2.05, 4.69) is 6.07 Å². The number of methoxy groups -OCH3 is 1. The van der Waals surface area contributed by atoms with Crippen molar-refractivity contribution in [2.75, 3.05) is 7.11 Å². The first kappa shape index (κ1) is 19.9. The van der Waals surface area contributed by atoms with Crippen LogP contribution in [0.15, 0.2) is 66.7 Å². The van der Waals surface area contributed by atoms with Gasteiger partial charge in [0.1, 0.15) is 0 Å². The number of carbonyl (C=O) groups excluding carboxylic acids is 1. The lowest BCUT2D eigenvalue weighted by molar-refractivity contribution is 0.0732. The minimum absolute atomic E-state index is 0.368. The van der Waals surface area contributed by atoms with Crippen LogP contribution in [0.5, 0.6) is 11.5 Å². The topological polar surface area (TPSA) is 48.4 Å². The van der Waals surface area contributed by atoms with Crippen LogP contribution in [0.25, 0.3) is 22.2 Å². The van der Waals surface area contributed by atoms with Crippen LogP contribution in [0, 0.1) is 13.8 Å². The van der Waals surface area contributed by atoms with Gasteiger partial charge in [-0.3, -0.25) is 0 Å². The number of para-hydroxylation sites is 2. The molecule has 0 saturated heterocycles. The summed E-state index contributed by atoms with van der Waals surface area (Å²) in [4.78, 5) is 18.1. The van der Waals surface area contributed by atoms with Crippen LogP contribution in [-0.2, 0) is 0 Å². The monoisotopic (exact) mass is 417 g/mol. The number of esters is 1. The average molecular weight is 418 g/mol. The zero-order chi connectivity index (χ0) is 21.3. The average Bonchev–Trinajstić information content (AvgIpc) is 2.74. The molecule has 5 heteroatoms. The molecular weight excluding hydrogens is 398 g/mol. The Hall–Kier alpha value is -3.37. The molecule has 4 nitrogen and oxygen atoms in total. The minimum Gasteiger partial charge on any atom is -0.493 e. The third kappa shape index (κ3) is 3.87. The first-order chi connectivity index (χ1) is 14.5. The lowest BCUT2D eigenvalue weighted by atomic mass is 10.00. The van der Waals surface area contributed by atoms with E-state index in [1.54, 1.807) is 43.5 Å². The van der Waals surface area contributed by atoms with E-state index in [0.29, 0.717) is 27.8 Å². The van der Waals surface area contributed by atoms with Crippen molar-refractivity contribution in [3.63, 3.8) is 0 Å². The summed E-state index contributed by atoms with van der Waals surface area (Å²) in [5, 5.41) is 1.40. The maximum Gasteiger partial charge on any atom is 0.344 e. The molecule has 0 spiro atoms. The number of hydrogen-bond acceptors (Lipinski definition) is 4. The second kappa shape index (κ2) is 8.17. The number of nitrogens with zero attached hydrogens (tertiary/aromatic N) is 1. The minimum atomic E-state index is -0.466. The van der Waals surface area contributed by atoms with E-state index in [1.807, 2.05) is 38.1 Å². The van der Waals surface area contributed by atoms with Crippen LogP contribution < -0.4 is 9.47 Å². The third-order valence-electron chi connectivity index (χ3n) is 4.88. The van der Waals surface area contributed by atoms with Crippen molar-refractivity contribution in [1.82, 2.24) is 4.98 Å². The van der Waals surface area contributed by atoms with Gasteiger partial charge in [-0.2, -0.15) is 0 Å². The van der Waals surface area contributed by atoms with E-state index < -0.39 is 5.97 Å². The number of carbonyl (C=O) groups is 1. The molecule has 0 aliphatic heterocycles. The molecule has 4 aromatic rings. The Morgan fingerprint density at radius 1 is 0.933 bits per heavy atom. The van der Waals surface area contributed by atoms with E-state index >= 15 is 0 Å². The molecule has 0 atom stereocenters. The highest BCUT2D eigenvalue weighted by molar-refractivity contribution is 6.30. The van der Waals surface area contributed by atoms with E-state index in [4.69, 9.17) is 26.1 Å². The highest BCUT2D eigenvalue weighted by Gasteiger charge is 2.19. The van der Waals surface area contributed by atoms with Crippen molar-refractivity contribution in [3.8, 4) is 22.8 Å². The van der Waals surface area contributed by atoms with Crippen LogP contribution in [0.2, 0.25) is 5.02 Å². The molecule has 3 aromatic carbocycles. The molecule has 0 saturated carbocycles. The fourth-order valence-corrected chi connectivity index (χ4v) is 3.60. The van der Waals surface area contributed by atoms with Crippen molar-refractivity contribution in [2.24, 2.45) is 0 Å². The summed E-state index contributed by atoms with van der Waals surface area (Å²) in [7, 11) is 1.54. The smallest absolute Gasteiger partial charge is 0.344 e. The first-order valence-corrected chi connectivity index (χ1v) is 9.87. The summed E-state index contributed by atoms with van der Waals surface area (Å²) in [5.74, 6) is 0.397. The molecule has 0 amide bonds. The second-order valence-corrected chi connectivity index (χ2v) is 7.52. The summed E-state index contributed by atoms with van der Waals surface area (Å²) in [6.45, 7) is 3.98. The molecule has 0 aliphatic rings. The van der Waals surface area contributed by atoms with Gasteiger partial charge in [0.05, 0.1) is 23.9 Å². The normalized spacial score (nSPS) is 10.8. The standard InChI is InChI=1S/C25H20ClNO3/c1-15-12-16(2)24-19(13-15)20(14-21(27-24)17-8-10-18(26)11-9-17)25(28)30-23-7-5-4-6-22(23)29-3/h4-14H,1-3H3. The SMILES string of the molecule is COc1ccccc1OC(=O)c1cc(-c2ccc(Cl)cc2)nc2c(C)cc(C)cc12. The van der Waals surface area contributed by atoms with E-state index in [9.17, 15) is 4.79 Å². The number of hydrogen-bond donors (Lipinski definition) is 0. The second-order valence-electron chi connectivity index (χ2n) is 7.08. The van der Waals surface area contributed by atoms with Crippen molar-refractivity contribution in [1.29, 1.82) is 0 Å². The maximum absolute atomic E-state index is 13.2. The predicted octanol–water partition coefficient (Wildman–Crippen LogP) is 6.40. The fraction of sp³-hybridized carbons (Fsp3) is 0.120. The number of rotatable bonds is 4. The summed E-state index contributed by atoms with van der Waals surface area (Å²) < 4.78 is 11.0. The van der Waals surface area contributed by atoms with Crippen molar-refractivity contribution in [2.45, 2.75) is 13.8 Å². The summed E-state index contributed by atoms with van der Waals surface area (Å²) in [5.41, 5.74) is 4.80. The Morgan fingerprint density at radius 3 is 2.33 bits per heavy atom. The largest absolute Gasteiger partial charge is 0.493 e. The van der Waals surface area contributed by atoms with Crippen LogP contribution in [0.1, 0.15) is 21.5 Å². The molecule has 0 aliphatic carbocycles. The predicted molar refractivity (Wildman–Crippen MR) is 120 cm³/mol. The van der Waals surface area contributed by atoms with E-state index in [1.165, 1.54) is 0 Å². The van der Waals surface area contributed by atoms with Gasteiger partial charge in [0, 0.05) is 16.0 Å². The highest BCUT2D eigenvalue weighted by atomic mass is 35.5. The maximum atomic E-state index is 13.2. The Labute approximate surface area is 180 Å². The van der Waals surface area contributed by atoms with Crippen molar-refractivity contribution < 1.29 is 14.3 Å².